The molecule has 0 radical (unpaired) electrons. The van der Waals surface area contributed by atoms with E-state index in [1.165, 1.54) is 0 Å². The summed E-state index contributed by atoms with van der Waals surface area (Å²) >= 11 is 0. The van der Waals surface area contributed by atoms with Crippen LogP contribution in [-0.4, -0.2) is 19.0 Å². The first-order valence-electron chi connectivity index (χ1n) is 4.93. The topological polar surface area (TPSA) is 41.1 Å². The molecule has 0 spiro atoms. The summed E-state index contributed by atoms with van der Waals surface area (Å²) in [6, 6.07) is 2.78. The third-order valence-corrected chi connectivity index (χ3v) is 2.29. The Morgan fingerprint density at radius 3 is 2.75 bits per heavy atom. The van der Waals surface area contributed by atoms with Crippen molar-refractivity contribution in [2.45, 2.75) is 19.5 Å². The lowest BCUT2D eigenvalue weighted by atomic mass is 10.2. The summed E-state index contributed by atoms with van der Waals surface area (Å²) in [5.74, 6) is -1.31. The zero-order valence-electron chi connectivity index (χ0n) is 9.18. The molecule has 1 atom stereocenters. The predicted molar refractivity (Wildman–Crippen MR) is 56.7 cm³/mol. The summed E-state index contributed by atoms with van der Waals surface area (Å²) in [6.07, 6.45) is 0. The SMILES string of the molecule is CNC(C)C(=O)NCc1cc(F)ccc1F. The molecule has 1 aromatic rings. The second kappa shape index (κ2) is 5.55. The van der Waals surface area contributed by atoms with Gasteiger partial charge in [-0.25, -0.2) is 8.78 Å². The van der Waals surface area contributed by atoms with Crippen molar-refractivity contribution in [3.63, 3.8) is 0 Å². The molecule has 0 aliphatic rings. The molecule has 88 valence electrons. The summed E-state index contributed by atoms with van der Waals surface area (Å²) in [7, 11) is 1.65. The number of hydrogen-bond acceptors (Lipinski definition) is 2. The molecule has 0 aliphatic carbocycles. The molecule has 0 aromatic heterocycles. The van der Waals surface area contributed by atoms with E-state index < -0.39 is 11.6 Å². The van der Waals surface area contributed by atoms with E-state index in [1.807, 2.05) is 0 Å². The molecule has 3 nitrogen and oxygen atoms in total. The highest BCUT2D eigenvalue weighted by molar-refractivity contribution is 5.81. The smallest absolute Gasteiger partial charge is 0.237 e. The van der Waals surface area contributed by atoms with E-state index in [0.29, 0.717) is 0 Å². The van der Waals surface area contributed by atoms with E-state index >= 15 is 0 Å². The summed E-state index contributed by atoms with van der Waals surface area (Å²) in [4.78, 5) is 11.4. The van der Waals surface area contributed by atoms with E-state index in [1.54, 1.807) is 14.0 Å². The maximum Gasteiger partial charge on any atom is 0.237 e. The normalized spacial score (nSPS) is 12.2. The van der Waals surface area contributed by atoms with Crippen LogP contribution in [0.4, 0.5) is 8.78 Å². The van der Waals surface area contributed by atoms with Gasteiger partial charge in [-0.3, -0.25) is 4.79 Å². The van der Waals surface area contributed by atoms with Crippen LogP contribution < -0.4 is 10.6 Å². The lowest BCUT2D eigenvalue weighted by Crippen LogP contribution is -2.40. The Morgan fingerprint density at radius 1 is 1.44 bits per heavy atom. The van der Waals surface area contributed by atoms with Crippen LogP contribution in [0.5, 0.6) is 0 Å². The summed E-state index contributed by atoms with van der Waals surface area (Å²) < 4.78 is 26.0. The van der Waals surface area contributed by atoms with Gasteiger partial charge < -0.3 is 10.6 Å². The number of benzene rings is 1. The standard InChI is InChI=1S/C11H14F2N2O/c1-7(14-2)11(16)15-6-8-5-9(12)3-4-10(8)13/h3-5,7,14H,6H2,1-2H3,(H,15,16). The van der Waals surface area contributed by atoms with Crippen molar-refractivity contribution >= 4 is 5.91 Å². The van der Waals surface area contributed by atoms with E-state index in [0.717, 1.165) is 18.2 Å². The number of likely N-dealkylation sites (N-methyl/N-ethyl adjacent to an activating group) is 1. The first-order chi connectivity index (χ1) is 7.54. The van der Waals surface area contributed by atoms with Gasteiger partial charge in [0, 0.05) is 12.1 Å². The highest BCUT2D eigenvalue weighted by Gasteiger charge is 2.10. The molecule has 5 heteroatoms. The highest BCUT2D eigenvalue weighted by Crippen LogP contribution is 2.09. The molecule has 0 bridgehead atoms. The van der Waals surface area contributed by atoms with Crippen LogP contribution in [0.2, 0.25) is 0 Å². The quantitative estimate of drug-likeness (QED) is 0.812. The average molecular weight is 228 g/mol. The summed E-state index contributed by atoms with van der Waals surface area (Å²) in [5.41, 5.74) is 0.136. The van der Waals surface area contributed by atoms with Gasteiger partial charge in [-0.15, -0.1) is 0 Å². The number of carbonyl (C=O) groups excluding carboxylic acids is 1. The van der Waals surface area contributed by atoms with Gasteiger partial charge in [-0.2, -0.15) is 0 Å². The van der Waals surface area contributed by atoms with Gasteiger partial charge in [0.1, 0.15) is 11.6 Å². The Bertz CT molecular complexity index is 382. The number of halogens is 2. The van der Waals surface area contributed by atoms with E-state index in [-0.39, 0.29) is 24.1 Å². The van der Waals surface area contributed by atoms with Gasteiger partial charge in [0.25, 0.3) is 0 Å². The molecule has 16 heavy (non-hydrogen) atoms. The van der Waals surface area contributed by atoms with Gasteiger partial charge >= 0.3 is 0 Å². The van der Waals surface area contributed by atoms with Crippen molar-refractivity contribution in [1.29, 1.82) is 0 Å². The van der Waals surface area contributed by atoms with Gasteiger partial charge in [0.05, 0.1) is 6.04 Å². The minimum atomic E-state index is -0.529. The van der Waals surface area contributed by atoms with Crippen molar-refractivity contribution in [2.24, 2.45) is 0 Å². The Balaban J connectivity index is 2.61. The second-order valence-corrected chi connectivity index (χ2v) is 3.46. The van der Waals surface area contributed by atoms with Crippen molar-refractivity contribution in [3.8, 4) is 0 Å². The molecule has 1 aromatic carbocycles. The Hall–Kier alpha value is -1.49. The summed E-state index contributed by atoms with van der Waals surface area (Å²) in [5, 5.41) is 5.26. The molecule has 0 saturated carbocycles. The first-order valence-corrected chi connectivity index (χ1v) is 4.93. The number of amides is 1. The maximum atomic E-state index is 13.2. The van der Waals surface area contributed by atoms with Gasteiger partial charge in [0.2, 0.25) is 5.91 Å². The van der Waals surface area contributed by atoms with Crippen molar-refractivity contribution in [3.05, 3.63) is 35.4 Å². The zero-order chi connectivity index (χ0) is 12.1. The van der Waals surface area contributed by atoms with Crippen LogP contribution >= 0.6 is 0 Å². The molecular weight excluding hydrogens is 214 g/mol. The van der Waals surface area contributed by atoms with Crippen molar-refractivity contribution in [2.75, 3.05) is 7.05 Å². The predicted octanol–water partition coefficient (Wildman–Crippen LogP) is 1.19. The molecule has 1 unspecified atom stereocenters. The van der Waals surface area contributed by atoms with Crippen molar-refractivity contribution < 1.29 is 13.6 Å². The van der Waals surface area contributed by atoms with Crippen LogP contribution in [0, 0.1) is 11.6 Å². The molecule has 1 amide bonds. The number of nitrogens with one attached hydrogen (secondary N) is 2. The van der Waals surface area contributed by atoms with Gasteiger partial charge in [-0.1, -0.05) is 0 Å². The molecule has 2 N–H and O–H groups in total. The van der Waals surface area contributed by atoms with Crippen LogP contribution in [0.15, 0.2) is 18.2 Å². The number of hydrogen-bond donors (Lipinski definition) is 2. The fourth-order valence-corrected chi connectivity index (χ4v) is 1.15. The average Bonchev–Trinajstić information content (AvgIpc) is 2.28. The monoisotopic (exact) mass is 228 g/mol. The van der Waals surface area contributed by atoms with Gasteiger partial charge in [-0.05, 0) is 32.2 Å². The third kappa shape index (κ3) is 3.27. The highest BCUT2D eigenvalue weighted by atomic mass is 19.1. The first kappa shape index (κ1) is 12.6. The minimum absolute atomic E-state index is 0.0194. The lowest BCUT2D eigenvalue weighted by Gasteiger charge is -2.11. The molecule has 0 saturated heterocycles. The van der Waals surface area contributed by atoms with E-state index in [4.69, 9.17) is 0 Å². The minimum Gasteiger partial charge on any atom is -0.351 e. The Kier molecular flexibility index (Phi) is 4.37. The Labute approximate surface area is 92.8 Å². The lowest BCUT2D eigenvalue weighted by molar-refractivity contribution is -0.122. The molecule has 0 fully saturated rings. The van der Waals surface area contributed by atoms with Crippen LogP contribution in [0.25, 0.3) is 0 Å². The summed E-state index contributed by atoms with van der Waals surface area (Å²) in [6.45, 7) is 1.66. The van der Waals surface area contributed by atoms with Crippen LogP contribution in [0.1, 0.15) is 12.5 Å². The van der Waals surface area contributed by atoms with Crippen LogP contribution in [0.3, 0.4) is 0 Å². The molecule has 1 rings (SSSR count). The van der Waals surface area contributed by atoms with Gasteiger partial charge in [0.15, 0.2) is 0 Å². The third-order valence-electron chi connectivity index (χ3n) is 2.29. The number of carbonyl (C=O) groups is 1. The Morgan fingerprint density at radius 2 is 2.12 bits per heavy atom. The van der Waals surface area contributed by atoms with E-state index in [2.05, 4.69) is 10.6 Å². The largest absolute Gasteiger partial charge is 0.351 e. The number of rotatable bonds is 4. The van der Waals surface area contributed by atoms with Crippen LogP contribution in [-0.2, 0) is 11.3 Å². The molecule has 0 aliphatic heterocycles. The van der Waals surface area contributed by atoms with Crippen molar-refractivity contribution in [1.82, 2.24) is 10.6 Å². The molecular formula is C11H14F2N2O. The fraction of sp³-hybridized carbons (Fsp3) is 0.364. The molecule has 0 heterocycles. The zero-order valence-corrected chi connectivity index (χ0v) is 9.18. The second-order valence-electron chi connectivity index (χ2n) is 3.46. The fourth-order valence-electron chi connectivity index (χ4n) is 1.15. The van der Waals surface area contributed by atoms with E-state index in [9.17, 15) is 13.6 Å². The maximum absolute atomic E-state index is 13.2.